The fourth-order valence-electron chi connectivity index (χ4n) is 11.7. The minimum atomic E-state index is 0.573. The molecule has 0 amide bonds. The van der Waals surface area contributed by atoms with Gasteiger partial charge in [0, 0.05) is 60.4 Å². The van der Waals surface area contributed by atoms with Crippen molar-refractivity contribution in [1.29, 1.82) is 0 Å². The molecule has 16 rings (SSSR count). The van der Waals surface area contributed by atoms with Crippen LogP contribution < -0.4 is 0 Å². The maximum atomic E-state index is 6.91. The summed E-state index contributed by atoms with van der Waals surface area (Å²) in [5.41, 5.74) is 16.8. The van der Waals surface area contributed by atoms with Gasteiger partial charge in [-0.1, -0.05) is 158 Å². The first-order chi connectivity index (χ1) is 37.7. The van der Waals surface area contributed by atoms with Crippen LogP contribution in [0, 0.1) is 0 Å². The van der Waals surface area contributed by atoms with E-state index >= 15 is 0 Å². The maximum absolute atomic E-state index is 6.91. The van der Waals surface area contributed by atoms with Gasteiger partial charge in [0.25, 0.3) is 0 Å². The first kappa shape index (κ1) is 42.2. The second-order valence-electron chi connectivity index (χ2n) is 19.5. The van der Waals surface area contributed by atoms with Crippen LogP contribution in [0.25, 0.3) is 155 Å². The lowest BCUT2D eigenvalue weighted by molar-refractivity contribution is 0.672. The molecule has 0 unspecified atom stereocenters. The molecule has 0 aliphatic carbocycles. The predicted molar refractivity (Wildman–Crippen MR) is 310 cm³/mol. The van der Waals surface area contributed by atoms with Gasteiger partial charge in [0.15, 0.2) is 17.5 Å². The molecule has 5 heterocycles. The molecule has 76 heavy (non-hydrogen) atoms. The zero-order valence-electron chi connectivity index (χ0n) is 40.7. The summed E-state index contributed by atoms with van der Waals surface area (Å²) in [6, 6.07) is 87.2. The predicted octanol–water partition coefficient (Wildman–Crippen LogP) is 18.2. The molecule has 0 fully saturated rings. The monoisotopic (exact) mass is 971 g/mol. The van der Waals surface area contributed by atoms with Gasteiger partial charge in [-0.15, -0.1) is 0 Å². The van der Waals surface area contributed by atoms with Crippen LogP contribution >= 0.6 is 0 Å². The summed E-state index contributed by atoms with van der Waals surface area (Å²) in [4.78, 5) is 15.7. The molecule has 0 aliphatic heterocycles. The molecule has 11 aromatic carbocycles. The SMILES string of the molecule is c1ccc(-c2nc(-c3ccccc3)nc(-c3cc(-c4ccc5oc6c(ccc7c6c6ccccc6n7-c6ccccc6)c5c4)ccc3-c3ccc4oc5c(ccc6c5c5ccccc5n6-c5ccccc5)c4c3)n2)cc1. The zero-order valence-corrected chi connectivity index (χ0v) is 40.7. The number of rotatable bonds is 7. The highest BCUT2D eigenvalue weighted by Gasteiger charge is 2.23. The smallest absolute Gasteiger partial charge is 0.164 e. The number of furan rings is 2. The van der Waals surface area contributed by atoms with Crippen molar-refractivity contribution in [1.82, 2.24) is 24.1 Å². The number of nitrogens with zero attached hydrogens (tertiary/aromatic N) is 5. The Labute approximate surface area is 434 Å². The average Bonchev–Trinajstić information content (AvgIpc) is 4.30. The first-order valence-electron chi connectivity index (χ1n) is 25.6. The molecule has 5 aromatic heterocycles. The van der Waals surface area contributed by atoms with Gasteiger partial charge in [-0.2, -0.15) is 0 Å². The Morgan fingerprint density at radius 3 is 1.21 bits per heavy atom. The molecular formula is C69H41N5O2. The van der Waals surface area contributed by atoms with Crippen molar-refractivity contribution in [3.05, 3.63) is 249 Å². The van der Waals surface area contributed by atoms with E-state index in [0.717, 1.165) is 138 Å². The summed E-state index contributed by atoms with van der Waals surface area (Å²) in [6.07, 6.45) is 0. The molecule has 0 atom stereocenters. The summed E-state index contributed by atoms with van der Waals surface area (Å²) >= 11 is 0. The molecule has 0 N–H and O–H groups in total. The van der Waals surface area contributed by atoms with Crippen LogP contribution in [0.3, 0.4) is 0 Å². The Bertz CT molecular complexity index is 4920. The third-order valence-corrected chi connectivity index (χ3v) is 15.2. The molecule has 16 aromatic rings. The Kier molecular flexibility index (Phi) is 9.20. The van der Waals surface area contributed by atoms with Gasteiger partial charge in [0.05, 0.1) is 32.8 Å². The van der Waals surface area contributed by atoms with E-state index in [1.54, 1.807) is 0 Å². The van der Waals surface area contributed by atoms with Crippen molar-refractivity contribution in [2.45, 2.75) is 0 Å². The van der Waals surface area contributed by atoms with Crippen molar-refractivity contribution in [2.75, 3.05) is 0 Å². The highest BCUT2D eigenvalue weighted by atomic mass is 16.3. The largest absolute Gasteiger partial charge is 0.455 e. The third-order valence-electron chi connectivity index (χ3n) is 15.2. The van der Waals surface area contributed by atoms with Crippen LogP contribution in [0.5, 0.6) is 0 Å². The van der Waals surface area contributed by atoms with E-state index in [0.29, 0.717) is 17.5 Å². The number of hydrogen-bond donors (Lipinski definition) is 0. The minimum absolute atomic E-state index is 0.573. The highest BCUT2D eigenvalue weighted by molar-refractivity contribution is 6.25. The van der Waals surface area contributed by atoms with Crippen molar-refractivity contribution in [3.8, 4) is 67.8 Å². The summed E-state index contributed by atoms with van der Waals surface area (Å²) in [5, 5.41) is 8.70. The third kappa shape index (κ3) is 6.46. The van der Waals surface area contributed by atoms with Gasteiger partial charge in [-0.05, 0) is 113 Å². The standard InChI is InChI=1S/C69H41N5O2/c1-5-17-42(18-6-1)67-70-68(43-19-7-2-8-20-43)72-69(71-67)56-40-44(45-30-37-61-54(39-45)50-33-35-59-63(65(50)75-61)52-25-13-15-27-57(52)73(59)47-21-9-3-10-22-47)29-32-49(56)46-31-38-62-55(41-46)51-34-36-60-64(66(51)76-62)53-26-14-16-28-58(53)74(60)48-23-11-4-12-24-48/h1-41H. The van der Waals surface area contributed by atoms with Crippen LogP contribution in [0.2, 0.25) is 0 Å². The van der Waals surface area contributed by atoms with E-state index in [-0.39, 0.29) is 0 Å². The van der Waals surface area contributed by atoms with Crippen molar-refractivity contribution in [2.24, 2.45) is 0 Å². The quantitative estimate of drug-likeness (QED) is 0.159. The number of hydrogen-bond acceptors (Lipinski definition) is 5. The van der Waals surface area contributed by atoms with E-state index in [9.17, 15) is 0 Å². The van der Waals surface area contributed by atoms with Gasteiger partial charge >= 0.3 is 0 Å². The molecular weight excluding hydrogens is 931 g/mol. The second-order valence-corrected chi connectivity index (χ2v) is 19.5. The topological polar surface area (TPSA) is 74.8 Å². The van der Waals surface area contributed by atoms with Gasteiger partial charge in [0.2, 0.25) is 0 Å². The molecule has 0 radical (unpaired) electrons. The number of fused-ring (bicyclic) bond motifs is 14. The van der Waals surface area contributed by atoms with Gasteiger partial charge in [0.1, 0.15) is 22.3 Å². The highest BCUT2D eigenvalue weighted by Crippen LogP contribution is 2.45. The molecule has 7 heteroatoms. The number of para-hydroxylation sites is 4. The van der Waals surface area contributed by atoms with Crippen molar-refractivity contribution < 1.29 is 8.83 Å². The van der Waals surface area contributed by atoms with Crippen LogP contribution in [0.4, 0.5) is 0 Å². The summed E-state index contributed by atoms with van der Waals surface area (Å²) in [5.74, 6) is 1.77. The lowest BCUT2D eigenvalue weighted by Crippen LogP contribution is -2.01. The fraction of sp³-hybridized carbons (Fsp3) is 0. The van der Waals surface area contributed by atoms with Gasteiger partial charge in [-0.25, -0.2) is 15.0 Å². The van der Waals surface area contributed by atoms with Crippen molar-refractivity contribution in [3.63, 3.8) is 0 Å². The van der Waals surface area contributed by atoms with E-state index in [1.165, 1.54) is 0 Å². The molecule has 0 saturated heterocycles. The van der Waals surface area contributed by atoms with Crippen LogP contribution in [-0.4, -0.2) is 24.1 Å². The Morgan fingerprint density at radius 2 is 0.684 bits per heavy atom. The Morgan fingerprint density at radius 1 is 0.263 bits per heavy atom. The summed E-state index contributed by atoms with van der Waals surface area (Å²) in [6.45, 7) is 0. The maximum Gasteiger partial charge on any atom is 0.164 e. The lowest BCUT2D eigenvalue weighted by atomic mass is 9.93. The van der Waals surface area contributed by atoms with E-state index in [2.05, 4.69) is 221 Å². The zero-order chi connectivity index (χ0) is 49.8. The minimum Gasteiger partial charge on any atom is -0.455 e. The number of aromatic nitrogens is 5. The summed E-state index contributed by atoms with van der Waals surface area (Å²) < 4.78 is 18.4. The van der Waals surface area contributed by atoms with Gasteiger partial charge < -0.3 is 18.0 Å². The molecule has 0 spiro atoms. The normalized spacial score (nSPS) is 11.9. The molecule has 0 aliphatic rings. The molecule has 7 nitrogen and oxygen atoms in total. The van der Waals surface area contributed by atoms with E-state index < -0.39 is 0 Å². The first-order valence-corrected chi connectivity index (χ1v) is 25.6. The Hall–Kier alpha value is -10.4. The van der Waals surface area contributed by atoms with Crippen LogP contribution in [-0.2, 0) is 0 Å². The van der Waals surface area contributed by atoms with E-state index in [1.807, 2.05) is 36.4 Å². The van der Waals surface area contributed by atoms with Crippen LogP contribution in [0.1, 0.15) is 0 Å². The fourth-order valence-corrected chi connectivity index (χ4v) is 11.7. The Balaban J connectivity index is 0.901. The molecule has 0 bridgehead atoms. The average molecular weight is 972 g/mol. The number of benzene rings is 11. The van der Waals surface area contributed by atoms with Crippen molar-refractivity contribution >= 4 is 87.5 Å². The summed E-state index contributed by atoms with van der Waals surface area (Å²) in [7, 11) is 0. The second kappa shape index (κ2) is 16.6. The molecule has 354 valence electrons. The molecule has 0 saturated carbocycles. The lowest BCUT2D eigenvalue weighted by Gasteiger charge is -2.14. The van der Waals surface area contributed by atoms with Gasteiger partial charge in [-0.3, -0.25) is 0 Å². The van der Waals surface area contributed by atoms with Crippen LogP contribution in [0.15, 0.2) is 258 Å². The van der Waals surface area contributed by atoms with E-state index in [4.69, 9.17) is 23.8 Å².